The maximum atomic E-state index is 5.35. The molecule has 106 valence electrons. The predicted octanol–water partition coefficient (Wildman–Crippen LogP) is 3.59. The van der Waals surface area contributed by atoms with Crippen LogP contribution in [0.4, 0.5) is 5.82 Å². The Hall–Kier alpha value is -2.10. The van der Waals surface area contributed by atoms with Crippen LogP contribution in [0.3, 0.4) is 0 Å². The largest absolute Gasteiger partial charge is 0.496 e. The number of nitrogens with one attached hydrogen (secondary N) is 1. The van der Waals surface area contributed by atoms with Crippen LogP contribution in [0, 0.1) is 13.8 Å². The van der Waals surface area contributed by atoms with E-state index in [-0.39, 0.29) is 0 Å². The van der Waals surface area contributed by atoms with Crippen molar-refractivity contribution in [2.24, 2.45) is 0 Å². The summed E-state index contributed by atoms with van der Waals surface area (Å²) in [6, 6.07) is 6.15. The van der Waals surface area contributed by atoms with E-state index in [0.717, 1.165) is 46.9 Å². The Labute approximate surface area is 120 Å². The molecule has 0 aliphatic carbocycles. The molecule has 1 N–H and O–H groups in total. The summed E-state index contributed by atoms with van der Waals surface area (Å²) < 4.78 is 5.35. The van der Waals surface area contributed by atoms with E-state index >= 15 is 0 Å². The summed E-state index contributed by atoms with van der Waals surface area (Å²) in [7, 11) is 1.69. The molecule has 1 heterocycles. The lowest BCUT2D eigenvalue weighted by atomic mass is 10.0. The van der Waals surface area contributed by atoms with Gasteiger partial charge in [0.25, 0.3) is 0 Å². The second-order valence-electron chi connectivity index (χ2n) is 4.85. The van der Waals surface area contributed by atoms with E-state index in [2.05, 4.69) is 35.2 Å². The molecule has 0 aliphatic rings. The highest BCUT2D eigenvalue weighted by atomic mass is 16.5. The van der Waals surface area contributed by atoms with E-state index in [9.17, 15) is 0 Å². The van der Waals surface area contributed by atoms with Gasteiger partial charge in [-0.25, -0.2) is 9.97 Å². The van der Waals surface area contributed by atoms with Crippen molar-refractivity contribution < 1.29 is 4.74 Å². The molecule has 0 atom stereocenters. The van der Waals surface area contributed by atoms with Gasteiger partial charge in [-0.1, -0.05) is 6.92 Å². The van der Waals surface area contributed by atoms with Crippen molar-refractivity contribution in [1.82, 2.24) is 9.97 Å². The Balaban J connectivity index is 2.38. The molecule has 0 radical (unpaired) electrons. The minimum absolute atomic E-state index is 0.865. The minimum Gasteiger partial charge on any atom is -0.496 e. The van der Waals surface area contributed by atoms with Crippen molar-refractivity contribution in [2.75, 3.05) is 19.0 Å². The van der Waals surface area contributed by atoms with Crippen LogP contribution in [0.1, 0.15) is 24.5 Å². The van der Waals surface area contributed by atoms with Gasteiger partial charge in [-0.15, -0.1) is 0 Å². The van der Waals surface area contributed by atoms with Crippen molar-refractivity contribution in [3.8, 4) is 17.0 Å². The van der Waals surface area contributed by atoms with Gasteiger partial charge < -0.3 is 10.1 Å². The van der Waals surface area contributed by atoms with E-state index in [1.54, 1.807) is 13.4 Å². The third kappa shape index (κ3) is 3.07. The van der Waals surface area contributed by atoms with Crippen LogP contribution in [-0.4, -0.2) is 23.6 Å². The first kappa shape index (κ1) is 14.3. The first-order chi connectivity index (χ1) is 9.65. The zero-order valence-corrected chi connectivity index (χ0v) is 12.5. The van der Waals surface area contributed by atoms with Gasteiger partial charge in [-0.2, -0.15) is 0 Å². The summed E-state index contributed by atoms with van der Waals surface area (Å²) in [5, 5.41) is 3.29. The van der Waals surface area contributed by atoms with Gasteiger partial charge in [0.05, 0.1) is 12.8 Å². The van der Waals surface area contributed by atoms with Crippen molar-refractivity contribution in [3.05, 3.63) is 35.7 Å². The summed E-state index contributed by atoms with van der Waals surface area (Å²) >= 11 is 0. The van der Waals surface area contributed by atoms with E-state index in [0.29, 0.717) is 0 Å². The van der Waals surface area contributed by atoms with Gasteiger partial charge in [0, 0.05) is 18.2 Å². The topological polar surface area (TPSA) is 47.0 Å². The molecule has 2 rings (SSSR count). The second-order valence-corrected chi connectivity index (χ2v) is 4.85. The van der Waals surface area contributed by atoms with Crippen molar-refractivity contribution in [3.63, 3.8) is 0 Å². The lowest BCUT2D eigenvalue weighted by Crippen LogP contribution is -2.02. The smallest absolute Gasteiger partial charge is 0.129 e. The van der Waals surface area contributed by atoms with Crippen LogP contribution >= 0.6 is 0 Å². The lowest BCUT2D eigenvalue weighted by Gasteiger charge is -2.12. The molecule has 0 spiro atoms. The highest BCUT2D eigenvalue weighted by Gasteiger charge is 2.09. The molecule has 1 aromatic carbocycles. The van der Waals surface area contributed by atoms with Gasteiger partial charge in [0.1, 0.15) is 17.9 Å². The van der Waals surface area contributed by atoms with Crippen molar-refractivity contribution in [1.29, 1.82) is 0 Å². The molecule has 0 amide bonds. The maximum absolute atomic E-state index is 5.35. The molecule has 4 heteroatoms. The number of aromatic nitrogens is 2. The third-order valence-corrected chi connectivity index (χ3v) is 3.24. The molecule has 0 saturated carbocycles. The molecule has 0 bridgehead atoms. The molecule has 2 aromatic rings. The molecule has 4 nitrogen and oxygen atoms in total. The zero-order chi connectivity index (χ0) is 14.5. The Kier molecular flexibility index (Phi) is 4.56. The molecule has 20 heavy (non-hydrogen) atoms. The van der Waals surface area contributed by atoms with Gasteiger partial charge in [-0.3, -0.25) is 0 Å². The number of aryl methyl sites for hydroxylation is 2. The highest BCUT2D eigenvalue weighted by molar-refractivity contribution is 5.68. The highest BCUT2D eigenvalue weighted by Crippen LogP contribution is 2.29. The Morgan fingerprint density at radius 1 is 1.10 bits per heavy atom. The summed E-state index contributed by atoms with van der Waals surface area (Å²) in [5.74, 6) is 1.77. The van der Waals surface area contributed by atoms with Crippen LogP contribution in [0.2, 0.25) is 0 Å². The quantitative estimate of drug-likeness (QED) is 0.902. The Morgan fingerprint density at radius 3 is 2.60 bits per heavy atom. The number of benzene rings is 1. The number of hydrogen-bond acceptors (Lipinski definition) is 4. The van der Waals surface area contributed by atoms with E-state index in [4.69, 9.17) is 4.74 Å². The van der Waals surface area contributed by atoms with Crippen LogP contribution < -0.4 is 10.1 Å². The van der Waals surface area contributed by atoms with Crippen molar-refractivity contribution >= 4 is 5.82 Å². The molecule has 0 unspecified atom stereocenters. The third-order valence-electron chi connectivity index (χ3n) is 3.24. The number of anilines is 1. The van der Waals surface area contributed by atoms with Gasteiger partial charge in [0.2, 0.25) is 0 Å². The molecule has 0 aliphatic heterocycles. The number of nitrogens with zero attached hydrogens (tertiary/aromatic N) is 2. The summed E-state index contributed by atoms with van der Waals surface area (Å²) in [5.41, 5.74) is 4.30. The first-order valence-electron chi connectivity index (χ1n) is 6.87. The molecular weight excluding hydrogens is 250 g/mol. The molecule has 0 saturated heterocycles. The molecular formula is C16H21N3O. The average molecular weight is 271 g/mol. The van der Waals surface area contributed by atoms with Crippen LogP contribution in [0.25, 0.3) is 11.3 Å². The van der Waals surface area contributed by atoms with Gasteiger partial charge in [-0.05, 0) is 43.5 Å². The number of rotatable bonds is 5. The fourth-order valence-corrected chi connectivity index (χ4v) is 2.14. The maximum Gasteiger partial charge on any atom is 0.129 e. The fraction of sp³-hybridized carbons (Fsp3) is 0.375. The average Bonchev–Trinajstić information content (AvgIpc) is 2.47. The zero-order valence-electron chi connectivity index (χ0n) is 12.5. The standard InChI is InChI=1S/C16H21N3O/c1-5-6-17-16-9-14(18-10-19-16)13-7-12(3)15(20-4)8-11(13)2/h7-10H,5-6H2,1-4H3,(H,17,18,19). The van der Waals surface area contributed by atoms with E-state index in [1.807, 2.05) is 19.1 Å². The summed E-state index contributed by atoms with van der Waals surface area (Å²) in [4.78, 5) is 8.62. The van der Waals surface area contributed by atoms with Gasteiger partial charge >= 0.3 is 0 Å². The number of ether oxygens (including phenoxy) is 1. The normalized spacial score (nSPS) is 10.4. The van der Waals surface area contributed by atoms with E-state index in [1.165, 1.54) is 0 Å². The van der Waals surface area contributed by atoms with E-state index < -0.39 is 0 Å². The van der Waals surface area contributed by atoms with Crippen molar-refractivity contribution in [2.45, 2.75) is 27.2 Å². The monoisotopic (exact) mass is 271 g/mol. The minimum atomic E-state index is 0.865. The van der Waals surface area contributed by atoms with Crippen LogP contribution in [0.5, 0.6) is 5.75 Å². The SMILES string of the molecule is CCCNc1cc(-c2cc(C)c(OC)cc2C)ncn1. The summed E-state index contributed by atoms with van der Waals surface area (Å²) in [6.45, 7) is 7.15. The van der Waals surface area contributed by atoms with Crippen LogP contribution in [-0.2, 0) is 0 Å². The Morgan fingerprint density at radius 2 is 1.90 bits per heavy atom. The Bertz CT molecular complexity index is 596. The number of methoxy groups -OCH3 is 1. The summed E-state index contributed by atoms with van der Waals surface area (Å²) in [6.07, 6.45) is 2.67. The predicted molar refractivity (Wildman–Crippen MR) is 82.3 cm³/mol. The van der Waals surface area contributed by atoms with Crippen LogP contribution in [0.15, 0.2) is 24.5 Å². The fourth-order valence-electron chi connectivity index (χ4n) is 2.14. The number of hydrogen-bond donors (Lipinski definition) is 1. The first-order valence-corrected chi connectivity index (χ1v) is 6.87. The van der Waals surface area contributed by atoms with Gasteiger partial charge in [0.15, 0.2) is 0 Å². The second kappa shape index (κ2) is 6.37. The lowest BCUT2D eigenvalue weighted by molar-refractivity contribution is 0.411. The molecule has 0 fully saturated rings. The molecule has 1 aromatic heterocycles.